The van der Waals surface area contributed by atoms with Gasteiger partial charge in [0.2, 0.25) is 6.29 Å². The minimum absolute atomic E-state index is 0.00902. The van der Waals surface area contributed by atoms with E-state index in [9.17, 15) is 15.3 Å². The van der Waals surface area contributed by atoms with Crippen LogP contribution in [0.3, 0.4) is 0 Å². The van der Waals surface area contributed by atoms with Gasteiger partial charge in [-0.05, 0) is 91.8 Å². The summed E-state index contributed by atoms with van der Waals surface area (Å²) in [6.07, 6.45) is 9.11. The maximum Gasteiger partial charge on any atom is 0.213 e. The van der Waals surface area contributed by atoms with Gasteiger partial charge in [-0.1, -0.05) is 39.3 Å². The molecule has 0 radical (unpaired) electrons. The van der Waals surface area contributed by atoms with Crippen LogP contribution in [0.1, 0.15) is 85.5 Å². The van der Waals surface area contributed by atoms with Gasteiger partial charge in [-0.25, -0.2) is 0 Å². The first kappa shape index (κ1) is 29.1. The predicted molar refractivity (Wildman–Crippen MR) is 151 cm³/mol. The summed E-state index contributed by atoms with van der Waals surface area (Å²) < 4.78 is 25.7. The van der Waals surface area contributed by atoms with E-state index in [0.29, 0.717) is 47.0 Å². The molecule has 0 aromatic rings. The third-order valence-electron chi connectivity index (χ3n) is 13.7. The highest BCUT2D eigenvalue weighted by molar-refractivity contribution is 5.26. The van der Waals surface area contributed by atoms with Crippen molar-refractivity contribution in [2.24, 2.45) is 46.3 Å². The van der Waals surface area contributed by atoms with Crippen molar-refractivity contribution in [3.63, 3.8) is 0 Å². The first-order valence-electron chi connectivity index (χ1n) is 16.6. The summed E-state index contributed by atoms with van der Waals surface area (Å²) >= 11 is 0. The Labute approximate surface area is 245 Å². The van der Waals surface area contributed by atoms with Gasteiger partial charge in [-0.2, -0.15) is 0 Å². The molecule has 4 aliphatic carbocycles. The number of hydrogen-bond donors (Lipinski definition) is 4. The fourth-order valence-electron chi connectivity index (χ4n) is 11.2. The second-order valence-corrected chi connectivity index (χ2v) is 15.6. The largest absolute Gasteiger partial charge is 0.394 e. The molecule has 16 atom stereocenters. The lowest BCUT2D eigenvalue weighted by molar-refractivity contribution is -0.504. The van der Waals surface area contributed by atoms with Crippen molar-refractivity contribution in [3.8, 4) is 0 Å². The van der Waals surface area contributed by atoms with Gasteiger partial charge >= 0.3 is 0 Å². The topological polar surface area (TPSA) is 125 Å². The van der Waals surface area contributed by atoms with Crippen molar-refractivity contribution < 1.29 is 40.0 Å². The van der Waals surface area contributed by atoms with E-state index < -0.39 is 30.6 Å². The molecule has 232 valence electrons. The average molecular weight is 577 g/mol. The zero-order chi connectivity index (χ0) is 28.9. The van der Waals surface area contributed by atoms with Crippen LogP contribution in [0.2, 0.25) is 0 Å². The van der Waals surface area contributed by atoms with Crippen molar-refractivity contribution in [2.45, 2.75) is 134 Å². The van der Waals surface area contributed by atoms with Crippen molar-refractivity contribution in [2.75, 3.05) is 13.2 Å². The Kier molecular flexibility index (Phi) is 7.27. The van der Waals surface area contributed by atoms with Crippen molar-refractivity contribution in [1.82, 2.24) is 0 Å². The van der Waals surface area contributed by atoms with Crippen LogP contribution in [-0.2, 0) is 18.9 Å². The number of allylic oxidation sites excluding steroid dienone is 1. The molecule has 41 heavy (non-hydrogen) atoms. The number of aliphatic hydroxyl groups excluding tert-OH is 3. The summed E-state index contributed by atoms with van der Waals surface area (Å²) in [4.78, 5) is 0. The normalized spacial score (nSPS) is 58.3. The van der Waals surface area contributed by atoms with Gasteiger partial charge in [-0.3, -0.25) is 0 Å². The Morgan fingerprint density at radius 1 is 1.05 bits per heavy atom. The minimum Gasteiger partial charge on any atom is -0.394 e. The predicted octanol–water partition coefficient (Wildman–Crippen LogP) is 2.79. The maximum absolute atomic E-state index is 10.4. The fraction of sp³-hybridized carbons (Fsp3) is 0.939. The van der Waals surface area contributed by atoms with E-state index in [1.54, 1.807) is 0 Å². The number of fused-ring (bicyclic) bond motifs is 7. The van der Waals surface area contributed by atoms with Crippen molar-refractivity contribution in [1.29, 1.82) is 0 Å². The van der Waals surface area contributed by atoms with Gasteiger partial charge in [0.15, 0.2) is 11.8 Å². The van der Waals surface area contributed by atoms with Crippen molar-refractivity contribution >= 4 is 0 Å². The van der Waals surface area contributed by atoms with E-state index in [1.165, 1.54) is 31.3 Å². The molecule has 3 saturated carbocycles. The van der Waals surface area contributed by atoms with Crippen LogP contribution >= 0.6 is 0 Å². The molecule has 7 aliphatic rings. The highest BCUT2D eigenvalue weighted by Gasteiger charge is 2.68. The summed E-state index contributed by atoms with van der Waals surface area (Å²) in [7, 11) is 0. The second-order valence-electron chi connectivity index (χ2n) is 15.6. The lowest BCUT2D eigenvalue weighted by Crippen LogP contribution is -2.78. The summed E-state index contributed by atoms with van der Waals surface area (Å²) in [6, 6.07) is -0.602. The third-order valence-corrected chi connectivity index (χ3v) is 13.7. The maximum atomic E-state index is 10.4. The van der Waals surface area contributed by atoms with Crippen LogP contribution in [0.15, 0.2) is 11.6 Å². The van der Waals surface area contributed by atoms with Crippen LogP contribution in [0.4, 0.5) is 0 Å². The first-order chi connectivity index (χ1) is 19.5. The van der Waals surface area contributed by atoms with Gasteiger partial charge in [0.1, 0.15) is 18.3 Å². The molecule has 8 heteroatoms. The van der Waals surface area contributed by atoms with Crippen LogP contribution in [0.5, 0.6) is 0 Å². The molecule has 3 heterocycles. The Morgan fingerprint density at radius 2 is 1.85 bits per heavy atom. The quantitative estimate of drug-likeness (QED) is 0.381. The molecule has 0 amide bonds. The first-order valence-corrected chi connectivity index (χ1v) is 16.6. The second kappa shape index (κ2) is 10.2. The Bertz CT molecular complexity index is 1030. The van der Waals surface area contributed by atoms with Gasteiger partial charge < -0.3 is 40.0 Å². The zero-order valence-corrected chi connectivity index (χ0v) is 25.5. The van der Waals surface area contributed by atoms with E-state index >= 15 is 0 Å². The number of aliphatic hydroxyl groups is 3. The standard InChI is InChI=1S/C33H53NO7/c1-17-7-12-33(38-16-17)18(2)26-24(41-33)14-23-21-6-5-19-13-20(8-10-31(19,3)22(21)9-11-32(23,26)4)39-30-27(34)29(37)28(36)25(15-35)40-30/h5,17-18,20-30,35-37H,6-16,34H2,1-4H3/p+1/t17-,18+,20+,21-,22+,23+,24+,25-,26+,27-,28-,29-,30-,31+,32+,33-/m1/s1. The molecule has 6 N–H and O–H groups in total. The van der Waals surface area contributed by atoms with Crippen LogP contribution in [0.25, 0.3) is 0 Å². The number of hydrogen-bond acceptors (Lipinski definition) is 7. The molecule has 0 bridgehead atoms. The van der Waals surface area contributed by atoms with Gasteiger partial charge in [-0.15, -0.1) is 0 Å². The Balaban J connectivity index is 1.05. The monoisotopic (exact) mass is 576 g/mol. The summed E-state index contributed by atoms with van der Waals surface area (Å²) in [5, 5.41) is 30.3. The number of quaternary nitrogens is 1. The van der Waals surface area contributed by atoms with Crippen LogP contribution in [-0.4, -0.2) is 77.2 Å². The molecule has 7 rings (SSSR count). The van der Waals surface area contributed by atoms with E-state index in [0.717, 1.165) is 38.7 Å². The third kappa shape index (κ3) is 4.29. The van der Waals surface area contributed by atoms with E-state index in [-0.39, 0.29) is 23.9 Å². The van der Waals surface area contributed by atoms with E-state index in [4.69, 9.17) is 18.9 Å². The Hall–Kier alpha value is -0.580. The van der Waals surface area contributed by atoms with Crippen molar-refractivity contribution in [3.05, 3.63) is 11.6 Å². The fourth-order valence-corrected chi connectivity index (χ4v) is 11.2. The highest BCUT2D eigenvalue weighted by atomic mass is 16.7. The molecule has 3 saturated heterocycles. The van der Waals surface area contributed by atoms with E-state index in [2.05, 4.69) is 39.5 Å². The molecule has 6 fully saturated rings. The van der Waals surface area contributed by atoms with Crippen LogP contribution < -0.4 is 5.73 Å². The van der Waals surface area contributed by atoms with E-state index in [1.807, 2.05) is 0 Å². The number of rotatable bonds is 3. The molecule has 8 nitrogen and oxygen atoms in total. The molecular weight excluding hydrogens is 522 g/mol. The lowest BCUT2D eigenvalue weighted by Gasteiger charge is -2.58. The Morgan fingerprint density at radius 3 is 2.59 bits per heavy atom. The smallest absolute Gasteiger partial charge is 0.213 e. The molecule has 1 spiro atoms. The molecule has 0 unspecified atom stereocenters. The molecular formula is C33H54NO7+. The van der Waals surface area contributed by atoms with Gasteiger partial charge in [0.25, 0.3) is 0 Å². The zero-order valence-electron chi connectivity index (χ0n) is 25.5. The summed E-state index contributed by atoms with van der Waals surface area (Å²) in [5.41, 5.74) is 6.06. The molecule has 3 aliphatic heterocycles. The summed E-state index contributed by atoms with van der Waals surface area (Å²) in [5.74, 6) is 3.42. The van der Waals surface area contributed by atoms with Crippen LogP contribution in [0, 0.1) is 46.3 Å². The highest BCUT2D eigenvalue weighted by Crippen LogP contribution is 2.70. The van der Waals surface area contributed by atoms with Gasteiger partial charge in [0.05, 0.1) is 25.4 Å². The summed E-state index contributed by atoms with van der Waals surface area (Å²) in [6.45, 7) is 10.3. The average Bonchev–Trinajstić information content (AvgIpc) is 3.40. The molecule has 0 aromatic carbocycles. The molecule has 0 aromatic heterocycles. The number of ether oxygens (including phenoxy) is 4. The van der Waals surface area contributed by atoms with Gasteiger partial charge in [0, 0.05) is 12.3 Å². The minimum atomic E-state index is -1.15. The SMILES string of the molecule is C[C@@H]1CC[C@@]2(OC1)O[C@H]1C[C@H]3[C@@H]4CC=C5C[C@@H](O[C@@H]6O[C@H](CO)[C@@H](O)[C@H](O)[C@H]6[NH3+])CC[C@]5(C)[C@H]4CC[C@]3(C)[C@H]1[C@@H]2C. The lowest BCUT2D eigenvalue weighted by atomic mass is 9.47.